The fraction of sp³-hybridized carbons (Fsp3) is 0.267. The molecule has 0 saturated carbocycles. The largest absolute Gasteiger partial charge is 0.324 e. The lowest BCUT2D eigenvalue weighted by Gasteiger charge is -2.07. The molecule has 2 N–H and O–H groups in total. The average molecular weight is 338 g/mol. The van der Waals surface area contributed by atoms with E-state index in [-0.39, 0.29) is 17.2 Å². The summed E-state index contributed by atoms with van der Waals surface area (Å²) < 4.78 is 0. The number of thioether (sulfide) groups is 1. The van der Waals surface area contributed by atoms with E-state index in [9.17, 15) is 9.59 Å². The molecule has 5 nitrogen and oxygen atoms in total. The van der Waals surface area contributed by atoms with Crippen LogP contribution < -0.4 is 10.9 Å². The van der Waals surface area contributed by atoms with Crippen molar-refractivity contribution in [2.45, 2.75) is 25.4 Å². The van der Waals surface area contributed by atoms with Crippen LogP contribution in [0.5, 0.6) is 0 Å². The summed E-state index contributed by atoms with van der Waals surface area (Å²) in [4.78, 5) is 30.7. The van der Waals surface area contributed by atoms with Crippen LogP contribution in [0.25, 0.3) is 0 Å². The predicted octanol–water partition coefficient (Wildman–Crippen LogP) is 3.02. The lowest BCUT2D eigenvalue weighted by atomic mass is 10.2. The van der Waals surface area contributed by atoms with Crippen LogP contribution in [0.2, 0.25) is 5.02 Å². The molecule has 116 valence electrons. The number of rotatable bonds is 5. The van der Waals surface area contributed by atoms with E-state index in [1.165, 1.54) is 11.8 Å². The van der Waals surface area contributed by atoms with Gasteiger partial charge in [0, 0.05) is 5.56 Å². The maximum absolute atomic E-state index is 11.9. The number of aromatic amines is 1. The summed E-state index contributed by atoms with van der Waals surface area (Å²) in [5, 5.41) is 3.65. The van der Waals surface area contributed by atoms with Crippen molar-refractivity contribution in [1.29, 1.82) is 0 Å². The number of halogens is 1. The quantitative estimate of drug-likeness (QED) is 0.649. The molecule has 0 aliphatic rings. The Hall–Kier alpha value is -1.79. The number of aromatic nitrogens is 2. The summed E-state index contributed by atoms with van der Waals surface area (Å²) in [6.45, 7) is 3.68. The van der Waals surface area contributed by atoms with Gasteiger partial charge in [0.25, 0.3) is 5.56 Å². The van der Waals surface area contributed by atoms with Gasteiger partial charge in [0.2, 0.25) is 5.91 Å². The molecule has 0 unspecified atom stereocenters. The number of aryl methyl sites for hydroxylation is 1. The van der Waals surface area contributed by atoms with Crippen LogP contribution in [0.4, 0.5) is 5.69 Å². The van der Waals surface area contributed by atoms with Crippen LogP contribution in [0.3, 0.4) is 0 Å². The number of anilines is 1. The third kappa shape index (κ3) is 4.11. The van der Waals surface area contributed by atoms with Gasteiger partial charge in [-0.15, -0.1) is 0 Å². The summed E-state index contributed by atoms with van der Waals surface area (Å²) >= 11 is 7.17. The third-order valence-corrected chi connectivity index (χ3v) is 4.26. The Balaban J connectivity index is 2.01. The molecule has 0 bridgehead atoms. The molecule has 7 heteroatoms. The van der Waals surface area contributed by atoms with Crippen molar-refractivity contribution in [2.75, 3.05) is 11.1 Å². The van der Waals surface area contributed by atoms with Crippen LogP contribution in [-0.4, -0.2) is 21.6 Å². The SMILES string of the molecule is CCc1nc(SCC(=O)Nc2ccccc2Cl)[nH]c(=O)c1C. The highest BCUT2D eigenvalue weighted by atomic mass is 35.5. The summed E-state index contributed by atoms with van der Waals surface area (Å²) in [6, 6.07) is 7.02. The highest BCUT2D eigenvalue weighted by Gasteiger charge is 2.10. The Labute approximate surface area is 137 Å². The van der Waals surface area contributed by atoms with E-state index in [0.717, 1.165) is 5.69 Å². The summed E-state index contributed by atoms with van der Waals surface area (Å²) in [5.74, 6) is -0.0697. The molecule has 0 atom stereocenters. The number of carbonyl (C=O) groups is 1. The molecule has 0 spiro atoms. The number of para-hydroxylation sites is 1. The van der Waals surface area contributed by atoms with Gasteiger partial charge < -0.3 is 10.3 Å². The first kappa shape index (κ1) is 16.6. The molecule has 0 radical (unpaired) electrons. The van der Waals surface area contributed by atoms with E-state index in [2.05, 4.69) is 15.3 Å². The molecule has 0 saturated heterocycles. The fourth-order valence-electron chi connectivity index (χ4n) is 1.85. The average Bonchev–Trinajstić information content (AvgIpc) is 2.50. The number of H-pyrrole nitrogens is 1. The number of nitrogens with one attached hydrogen (secondary N) is 2. The Kier molecular flexibility index (Phi) is 5.63. The van der Waals surface area contributed by atoms with E-state index >= 15 is 0 Å². The first-order valence-electron chi connectivity index (χ1n) is 6.78. The number of amides is 1. The maximum Gasteiger partial charge on any atom is 0.254 e. The van der Waals surface area contributed by atoms with Crippen LogP contribution in [0.15, 0.2) is 34.2 Å². The zero-order valence-corrected chi connectivity index (χ0v) is 13.8. The third-order valence-electron chi connectivity index (χ3n) is 3.05. The highest BCUT2D eigenvalue weighted by molar-refractivity contribution is 7.99. The van der Waals surface area contributed by atoms with Crippen molar-refractivity contribution in [3.05, 3.63) is 50.9 Å². The Morgan fingerprint density at radius 1 is 1.41 bits per heavy atom. The highest BCUT2D eigenvalue weighted by Crippen LogP contribution is 2.21. The molecule has 2 rings (SSSR count). The van der Waals surface area contributed by atoms with Crippen LogP contribution in [0, 0.1) is 6.92 Å². The van der Waals surface area contributed by atoms with Crippen molar-refractivity contribution >= 4 is 35.0 Å². The van der Waals surface area contributed by atoms with Crippen molar-refractivity contribution in [3.8, 4) is 0 Å². The van der Waals surface area contributed by atoms with Gasteiger partial charge in [-0.1, -0.05) is 42.4 Å². The van der Waals surface area contributed by atoms with E-state index in [4.69, 9.17) is 11.6 Å². The minimum absolute atomic E-state index is 0.139. The number of carbonyl (C=O) groups excluding carboxylic acids is 1. The molecule has 0 aliphatic carbocycles. The van der Waals surface area contributed by atoms with Gasteiger partial charge >= 0.3 is 0 Å². The molecular weight excluding hydrogens is 322 g/mol. The second kappa shape index (κ2) is 7.47. The van der Waals surface area contributed by atoms with Crippen molar-refractivity contribution < 1.29 is 4.79 Å². The molecular formula is C15H16ClN3O2S. The minimum atomic E-state index is -0.209. The molecule has 2 aromatic rings. The Morgan fingerprint density at radius 3 is 2.82 bits per heavy atom. The Bertz CT molecular complexity index is 746. The van der Waals surface area contributed by atoms with Gasteiger partial charge in [0.1, 0.15) is 0 Å². The number of hydrogen-bond acceptors (Lipinski definition) is 4. The molecule has 0 aliphatic heterocycles. The monoisotopic (exact) mass is 337 g/mol. The molecule has 1 amide bonds. The first-order chi connectivity index (χ1) is 10.5. The lowest BCUT2D eigenvalue weighted by Crippen LogP contribution is -2.18. The summed E-state index contributed by atoms with van der Waals surface area (Å²) in [7, 11) is 0. The zero-order valence-electron chi connectivity index (χ0n) is 12.3. The molecule has 1 heterocycles. The van der Waals surface area contributed by atoms with Gasteiger partial charge in [0.05, 0.1) is 22.2 Å². The van der Waals surface area contributed by atoms with Crippen LogP contribution in [0.1, 0.15) is 18.2 Å². The molecule has 1 aromatic carbocycles. The van der Waals surface area contributed by atoms with E-state index < -0.39 is 0 Å². The fourth-order valence-corrected chi connectivity index (χ4v) is 2.71. The van der Waals surface area contributed by atoms with Gasteiger partial charge in [-0.25, -0.2) is 4.98 Å². The van der Waals surface area contributed by atoms with Gasteiger partial charge in [-0.2, -0.15) is 0 Å². The van der Waals surface area contributed by atoms with Gasteiger partial charge in [-0.3, -0.25) is 9.59 Å². The normalized spacial score (nSPS) is 10.5. The molecule has 22 heavy (non-hydrogen) atoms. The predicted molar refractivity (Wildman–Crippen MR) is 89.8 cm³/mol. The number of benzene rings is 1. The number of hydrogen-bond donors (Lipinski definition) is 2. The Morgan fingerprint density at radius 2 is 2.14 bits per heavy atom. The minimum Gasteiger partial charge on any atom is -0.324 e. The topological polar surface area (TPSA) is 74.8 Å². The van der Waals surface area contributed by atoms with Crippen molar-refractivity contribution in [3.63, 3.8) is 0 Å². The molecule has 0 fully saturated rings. The maximum atomic E-state index is 11.9. The van der Waals surface area contributed by atoms with Crippen molar-refractivity contribution in [1.82, 2.24) is 9.97 Å². The summed E-state index contributed by atoms with van der Waals surface area (Å²) in [5.41, 5.74) is 1.76. The van der Waals surface area contributed by atoms with E-state index in [1.807, 2.05) is 6.92 Å². The van der Waals surface area contributed by atoms with Gasteiger partial charge in [0.15, 0.2) is 5.16 Å². The number of nitrogens with zero attached hydrogens (tertiary/aromatic N) is 1. The smallest absolute Gasteiger partial charge is 0.254 e. The van der Waals surface area contributed by atoms with Gasteiger partial charge in [-0.05, 0) is 25.5 Å². The second-order valence-electron chi connectivity index (χ2n) is 4.61. The second-order valence-corrected chi connectivity index (χ2v) is 5.98. The standard InChI is InChI=1S/C15H16ClN3O2S/c1-3-11-9(2)14(21)19-15(18-11)22-8-13(20)17-12-7-5-4-6-10(12)16/h4-7H,3,8H2,1-2H3,(H,17,20)(H,18,19,21). The van der Waals surface area contributed by atoms with Crippen molar-refractivity contribution in [2.24, 2.45) is 0 Å². The van der Waals surface area contributed by atoms with Crippen LogP contribution in [-0.2, 0) is 11.2 Å². The first-order valence-corrected chi connectivity index (χ1v) is 8.14. The van der Waals surface area contributed by atoms with Crippen LogP contribution >= 0.6 is 23.4 Å². The molecule has 1 aromatic heterocycles. The summed E-state index contributed by atoms with van der Waals surface area (Å²) in [6.07, 6.45) is 0.676. The zero-order chi connectivity index (χ0) is 16.1. The van der Waals surface area contributed by atoms with E-state index in [1.54, 1.807) is 31.2 Å². The lowest BCUT2D eigenvalue weighted by molar-refractivity contribution is -0.113. The van der Waals surface area contributed by atoms with E-state index in [0.29, 0.717) is 27.9 Å².